The van der Waals surface area contributed by atoms with Crippen LogP contribution in [0.5, 0.6) is 0 Å². The Balaban J connectivity index is 2.08. The molecule has 7 heteroatoms. The van der Waals surface area contributed by atoms with Crippen molar-refractivity contribution in [1.82, 2.24) is 10.2 Å². The Morgan fingerprint density at radius 1 is 1.47 bits per heavy atom. The van der Waals surface area contributed by atoms with Crippen molar-refractivity contribution < 1.29 is 24.2 Å². The van der Waals surface area contributed by atoms with E-state index in [-0.39, 0.29) is 18.4 Å². The number of aliphatic carboxylic acids is 1. The molecule has 0 saturated carbocycles. The number of piperazine rings is 1. The Hall–Kier alpha value is -1.63. The van der Waals surface area contributed by atoms with Crippen molar-refractivity contribution in [1.29, 1.82) is 0 Å². The number of nitrogens with one attached hydrogen (secondary N) is 1. The molecule has 2 aliphatic rings. The summed E-state index contributed by atoms with van der Waals surface area (Å²) in [7, 11) is 0. The van der Waals surface area contributed by atoms with Crippen molar-refractivity contribution in [3.8, 4) is 0 Å². The highest BCUT2D eigenvalue weighted by atomic mass is 16.5. The molecule has 0 aromatic heterocycles. The fourth-order valence-corrected chi connectivity index (χ4v) is 2.52. The summed E-state index contributed by atoms with van der Waals surface area (Å²) in [5, 5.41) is 11.4. The number of hydrogen-bond donors (Lipinski definition) is 2. The largest absolute Gasteiger partial charge is 0.481 e. The highest BCUT2D eigenvalue weighted by Crippen LogP contribution is 2.22. The number of nitrogens with zero attached hydrogens (tertiary/aromatic N) is 1. The summed E-state index contributed by atoms with van der Waals surface area (Å²) in [4.78, 5) is 36.2. The van der Waals surface area contributed by atoms with Crippen LogP contribution in [0.1, 0.15) is 26.2 Å². The van der Waals surface area contributed by atoms with Crippen LogP contribution >= 0.6 is 0 Å². The maximum Gasteiger partial charge on any atom is 0.305 e. The van der Waals surface area contributed by atoms with E-state index in [1.54, 1.807) is 0 Å². The second kappa shape index (κ2) is 5.56. The topological polar surface area (TPSA) is 95.9 Å². The van der Waals surface area contributed by atoms with Gasteiger partial charge in [-0.05, 0) is 19.8 Å². The van der Waals surface area contributed by atoms with Gasteiger partial charge in [0.2, 0.25) is 5.91 Å². The molecule has 2 heterocycles. The molecule has 3 unspecified atom stereocenters. The van der Waals surface area contributed by atoms with Crippen molar-refractivity contribution in [3.05, 3.63) is 0 Å². The van der Waals surface area contributed by atoms with Crippen molar-refractivity contribution in [2.45, 2.75) is 44.4 Å². The SMILES string of the molecule is CC1CCC(C(=O)N2CCNC(=O)C2CC(=O)O)O1. The van der Waals surface area contributed by atoms with E-state index in [1.165, 1.54) is 4.90 Å². The summed E-state index contributed by atoms with van der Waals surface area (Å²) in [6, 6.07) is -0.932. The number of amides is 2. The number of carboxylic acids is 1. The molecule has 106 valence electrons. The quantitative estimate of drug-likeness (QED) is 0.711. The molecule has 3 atom stereocenters. The maximum absolute atomic E-state index is 12.3. The van der Waals surface area contributed by atoms with Gasteiger partial charge in [0.05, 0.1) is 12.5 Å². The lowest BCUT2D eigenvalue weighted by Crippen LogP contribution is -2.59. The molecule has 2 rings (SSSR count). The Labute approximate surface area is 110 Å². The van der Waals surface area contributed by atoms with Gasteiger partial charge in [-0.25, -0.2) is 0 Å². The minimum absolute atomic E-state index is 0.0329. The molecular weight excluding hydrogens is 252 g/mol. The van der Waals surface area contributed by atoms with E-state index in [2.05, 4.69) is 5.32 Å². The average Bonchev–Trinajstić information content (AvgIpc) is 2.77. The molecule has 2 aliphatic heterocycles. The Morgan fingerprint density at radius 2 is 2.21 bits per heavy atom. The van der Waals surface area contributed by atoms with Crippen molar-refractivity contribution in [2.24, 2.45) is 0 Å². The molecule has 0 spiro atoms. The number of carboxylic acid groups (broad SMARTS) is 1. The van der Waals surface area contributed by atoms with Crippen LogP contribution in [0.4, 0.5) is 0 Å². The van der Waals surface area contributed by atoms with Gasteiger partial charge in [0.15, 0.2) is 0 Å². The number of carbonyl (C=O) groups is 3. The van der Waals surface area contributed by atoms with E-state index in [1.807, 2.05) is 6.92 Å². The minimum Gasteiger partial charge on any atom is -0.481 e. The third kappa shape index (κ3) is 3.04. The molecule has 0 radical (unpaired) electrons. The van der Waals surface area contributed by atoms with Crippen LogP contribution in [0.2, 0.25) is 0 Å². The highest BCUT2D eigenvalue weighted by molar-refractivity contribution is 5.93. The second-order valence-electron chi connectivity index (χ2n) is 4.95. The van der Waals surface area contributed by atoms with Gasteiger partial charge in [-0.3, -0.25) is 14.4 Å². The predicted molar refractivity (Wildman–Crippen MR) is 64.3 cm³/mol. The molecule has 0 aromatic carbocycles. The molecule has 19 heavy (non-hydrogen) atoms. The van der Waals surface area contributed by atoms with Gasteiger partial charge < -0.3 is 20.1 Å². The molecule has 0 aromatic rings. The lowest BCUT2D eigenvalue weighted by Gasteiger charge is -2.35. The van der Waals surface area contributed by atoms with Gasteiger partial charge in [-0.1, -0.05) is 0 Å². The van der Waals surface area contributed by atoms with E-state index < -0.39 is 24.0 Å². The summed E-state index contributed by atoms with van der Waals surface area (Å²) in [5.41, 5.74) is 0. The van der Waals surface area contributed by atoms with Gasteiger partial charge in [0, 0.05) is 13.1 Å². The van der Waals surface area contributed by atoms with Gasteiger partial charge in [-0.15, -0.1) is 0 Å². The summed E-state index contributed by atoms with van der Waals surface area (Å²) in [5.74, 6) is -1.78. The Bertz CT molecular complexity index is 398. The minimum atomic E-state index is -1.10. The lowest BCUT2D eigenvalue weighted by molar-refractivity contribution is -0.154. The van der Waals surface area contributed by atoms with Crippen LogP contribution in [0.15, 0.2) is 0 Å². The number of ether oxygens (including phenoxy) is 1. The van der Waals surface area contributed by atoms with E-state index in [0.717, 1.165) is 6.42 Å². The molecule has 0 aliphatic carbocycles. The first-order valence-electron chi connectivity index (χ1n) is 6.44. The monoisotopic (exact) mass is 270 g/mol. The predicted octanol–water partition coefficient (Wildman–Crippen LogP) is -0.644. The summed E-state index contributed by atoms with van der Waals surface area (Å²) in [6.45, 7) is 2.57. The number of rotatable bonds is 3. The Morgan fingerprint density at radius 3 is 2.79 bits per heavy atom. The summed E-state index contributed by atoms with van der Waals surface area (Å²) >= 11 is 0. The third-order valence-corrected chi connectivity index (χ3v) is 3.49. The standard InChI is InChI=1S/C12H18N2O5/c1-7-2-3-9(19-7)12(18)14-5-4-13-11(17)8(14)6-10(15)16/h7-9H,2-6H2,1H3,(H,13,17)(H,15,16). The van der Waals surface area contributed by atoms with Gasteiger partial charge >= 0.3 is 5.97 Å². The van der Waals surface area contributed by atoms with Gasteiger partial charge in [0.25, 0.3) is 5.91 Å². The lowest BCUT2D eigenvalue weighted by atomic mass is 10.1. The van der Waals surface area contributed by atoms with Crippen LogP contribution in [-0.4, -0.2) is 59.1 Å². The first-order valence-corrected chi connectivity index (χ1v) is 6.44. The van der Waals surface area contributed by atoms with Crippen molar-refractivity contribution in [2.75, 3.05) is 13.1 Å². The maximum atomic E-state index is 12.3. The second-order valence-corrected chi connectivity index (χ2v) is 4.95. The fourth-order valence-electron chi connectivity index (χ4n) is 2.52. The van der Waals surface area contributed by atoms with Gasteiger partial charge in [-0.2, -0.15) is 0 Å². The van der Waals surface area contributed by atoms with E-state index in [9.17, 15) is 14.4 Å². The van der Waals surface area contributed by atoms with Crippen molar-refractivity contribution >= 4 is 17.8 Å². The van der Waals surface area contributed by atoms with Crippen LogP contribution < -0.4 is 5.32 Å². The van der Waals surface area contributed by atoms with Gasteiger partial charge in [0.1, 0.15) is 12.1 Å². The zero-order chi connectivity index (χ0) is 14.0. The smallest absolute Gasteiger partial charge is 0.305 e. The molecule has 2 fully saturated rings. The summed E-state index contributed by atoms with van der Waals surface area (Å²) < 4.78 is 5.49. The normalized spacial score (nSPS) is 31.1. The van der Waals surface area contributed by atoms with E-state index in [0.29, 0.717) is 19.5 Å². The molecule has 0 bridgehead atoms. The van der Waals surface area contributed by atoms with Crippen LogP contribution in [0.3, 0.4) is 0 Å². The highest BCUT2D eigenvalue weighted by Gasteiger charge is 2.39. The zero-order valence-corrected chi connectivity index (χ0v) is 10.8. The number of hydrogen-bond acceptors (Lipinski definition) is 4. The zero-order valence-electron chi connectivity index (χ0n) is 10.8. The van der Waals surface area contributed by atoms with Crippen LogP contribution in [0.25, 0.3) is 0 Å². The first kappa shape index (κ1) is 13.8. The molecule has 2 amide bonds. The summed E-state index contributed by atoms with van der Waals surface area (Å²) in [6.07, 6.45) is 0.542. The first-order chi connectivity index (χ1) is 8.99. The van der Waals surface area contributed by atoms with E-state index in [4.69, 9.17) is 9.84 Å². The average molecular weight is 270 g/mol. The molecule has 2 saturated heterocycles. The molecule has 2 N–H and O–H groups in total. The van der Waals surface area contributed by atoms with Crippen LogP contribution in [-0.2, 0) is 19.1 Å². The fraction of sp³-hybridized carbons (Fsp3) is 0.750. The van der Waals surface area contributed by atoms with Crippen molar-refractivity contribution in [3.63, 3.8) is 0 Å². The molecule has 7 nitrogen and oxygen atoms in total. The Kier molecular flexibility index (Phi) is 4.04. The van der Waals surface area contributed by atoms with E-state index >= 15 is 0 Å². The third-order valence-electron chi connectivity index (χ3n) is 3.49. The van der Waals surface area contributed by atoms with Crippen LogP contribution in [0, 0.1) is 0 Å². The number of carbonyl (C=O) groups excluding carboxylic acids is 2. The molecular formula is C12H18N2O5.